The lowest BCUT2D eigenvalue weighted by molar-refractivity contribution is 0.340. The van der Waals surface area contributed by atoms with Gasteiger partial charge in [-0.2, -0.15) is 4.98 Å². The van der Waals surface area contributed by atoms with E-state index in [0.717, 1.165) is 25.4 Å². The van der Waals surface area contributed by atoms with E-state index in [2.05, 4.69) is 22.1 Å². The number of likely N-dealkylation sites (tertiary alicyclic amines) is 1. The van der Waals surface area contributed by atoms with Crippen molar-refractivity contribution in [2.24, 2.45) is 5.73 Å². The average molecular weight is 233 g/mol. The summed E-state index contributed by atoms with van der Waals surface area (Å²) in [4.78, 5) is 6.56. The highest BCUT2D eigenvalue weighted by Gasteiger charge is 2.26. The Kier molecular flexibility index (Phi) is 4.07. The fourth-order valence-corrected chi connectivity index (χ4v) is 1.73. The van der Waals surface area contributed by atoms with Gasteiger partial charge in [0.15, 0.2) is 5.82 Å². The Morgan fingerprint density at radius 3 is 2.80 bits per heavy atom. The molecule has 1 fully saturated rings. The Morgan fingerprint density at radius 1 is 1.60 bits per heavy atom. The van der Waals surface area contributed by atoms with Crippen molar-refractivity contribution in [2.45, 2.75) is 25.3 Å². The largest absolute Gasteiger partial charge is 0.339 e. The third kappa shape index (κ3) is 2.68. The highest BCUT2D eigenvalue weighted by molar-refractivity contribution is 5.85. The Hall–Kier alpha value is -0.650. The second kappa shape index (κ2) is 4.92. The number of hydrogen-bond acceptors (Lipinski definition) is 5. The first kappa shape index (κ1) is 12.4. The van der Waals surface area contributed by atoms with Crippen molar-refractivity contribution in [1.82, 2.24) is 15.0 Å². The number of nitrogens with two attached hydrogens (primary N) is 1. The molecule has 0 radical (unpaired) electrons. The van der Waals surface area contributed by atoms with Crippen molar-refractivity contribution in [3.8, 4) is 0 Å². The number of rotatable bonds is 2. The minimum Gasteiger partial charge on any atom is -0.339 e. The van der Waals surface area contributed by atoms with Gasteiger partial charge >= 0.3 is 0 Å². The van der Waals surface area contributed by atoms with Crippen LogP contribution in [0.2, 0.25) is 0 Å². The molecule has 0 aliphatic carbocycles. The maximum Gasteiger partial charge on any atom is 0.231 e. The van der Waals surface area contributed by atoms with E-state index in [1.807, 2.05) is 6.92 Å². The van der Waals surface area contributed by atoms with Gasteiger partial charge in [0.1, 0.15) is 0 Å². The van der Waals surface area contributed by atoms with Gasteiger partial charge in [0.2, 0.25) is 5.89 Å². The maximum absolute atomic E-state index is 5.66. The van der Waals surface area contributed by atoms with Crippen molar-refractivity contribution in [3.05, 3.63) is 11.7 Å². The van der Waals surface area contributed by atoms with E-state index in [1.54, 1.807) is 0 Å². The van der Waals surface area contributed by atoms with Crippen LogP contribution in [0.15, 0.2) is 4.52 Å². The number of aromatic nitrogens is 2. The molecule has 2 atom stereocenters. The van der Waals surface area contributed by atoms with Gasteiger partial charge in [0.25, 0.3) is 0 Å². The molecule has 1 aromatic rings. The summed E-state index contributed by atoms with van der Waals surface area (Å²) in [6.45, 7) is 3.95. The van der Waals surface area contributed by atoms with Crippen LogP contribution in [0.1, 0.15) is 37.0 Å². The average Bonchev–Trinajstić information content (AvgIpc) is 2.70. The number of hydrogen-bond donors (Lipinski definition) is 1. The summed E-state index contributed by atoms with van der Waals surface area (Å²) in [6, 6.07) is -0.147. The van der Waals surface area contributed by atoms with Crippen molar-refractivity contribution < 1.29 is 4.52 Å². The lowest BCUT2D eigenvalue weighted by Gasteiger charge is -2.05. The lowest BCUT2D eigenvalue weighted by atomic mass is 10.1. The van der Waals surface area contributed by atoms with Crippen LogP contribution >= 0.6 is 12.4 Å². The maximum atomic E-state index is 5.66. The van der Waals surface area contributed by atoms with Crippen molar-refractivity contribution in [3.63, 3.8) is 0 Å². The van der Waals surface area contributed by atoms with Crippen LogP contribution in [-0.4, -0.2) is 35.2 Å². The molecule has 0 saturated carbocycles. The Labute approximate surface area is 95.4 Å². The van der Waals surface area contributed by atoms with Gasteiger partial charge in [-0.25, -0.2) is 0 Å². The quantitative estimate of drug-likeness (QED) is 0.822. The highest BCUT2D eigenvalue weighted by atomic mass is 35.5. The van der Waals surface area contributed by atoms with Gasteiger partial charge in [0, 0.05) is 6.54 Å². The molecule has 5 nitrogen and oxygen atoms in total. The zero-order chi connectivity index (χ0) is 10.1. The van der Waals surface area contributed by atoms with Crippen LogP contribution in [0.25, 0.3) is 0 Å². The number of halogens is 1. The molecule has 15 heavy (non-hydrogen) atoms. The Bertz CT molecular complexity index is 315. The van der Waals surface area contributed by atoms with Gasteiger partial charge in [-0.15, -0.1) is 12.4 Å². The van der Waals surface area contributed by atoms with Crippen LogP contribution in [0.3, 0.4) is 0 Å². The van der Waals surface area contributed by atoms with Crippen molar-refractivity contribution in [2.75, 3.05) is 20.1 Å². The normalized spacial score (nSPS) is 23.8. The van der Waals surface area contributed by atoms with Gasteiger partial charge in [-0.05, 0) is 26.9 Å². The third-order valence-corrected chi connectivity index (χ3v) is 2.61. The molecule has 2 rings (SSSR count). The van der Waals surface area contributed by atoms with E-state index < -0.39 is 0 Å². The molecule has 2 unspecified atom stereocenters. The minimum absolute atomic E-state index is 0. The van der Waals surface area contributed by atoms with Crippen LogP contribution in [-0.2, 0) is 0 Å². The first-order chi connectivity index (χ1) is 6.66. The van der Waals surface area contributed by atoms with Crippen molar-refractivity contribution >= 4 is 12.4 Å². The molecule has 1 aliphatic heterocycles. The molecule has 6 heteroatoms. The molecule has 0 spiro atoms. The van der Waals surface area contributed by atoms with Crippen LogP contribution in [0, 0.1) is 0 Å². The topological polar surface area (TPSA) is 68.2 Å². The fourth-order valence-electron chi connectivity index (χ4n) is 1.73. The number of nitrogens with zero attached hydrogens (tertiary/aromatic N) is 3. The molecule has 1 aliphatic rings. The standard InChI is InChI=1S/C9H16N4O.ClH/c1-6(10)8-11-9(14-12-8)7-3-4-13(2)5-7;/h6-7H,3-5,10H2,1-2H3;1H. The van der Waals surface area contributed by atoms with Gasteiger partial charge in [-0.1, -0.05) is 5.16 Å². The first-order valence-corrected chi connectivity index (χ1v) is 4.94. The highest BCUT2D eigenvalue weighted by Crippen LogP contribution is 2.25. The van der Waals surface area contributed by atoms with Crippen LogP contribution in [0.4, 0.5) is 0 Å². The monoisotopic (exact) mass is 232 g/mol. The third-order valence-electron chi connectivity index (χ3n) is 2.61. The Morgan fingerprint density at radius 2 is 2.33 bits per heavy atom. The summed E-state index contributed by atoms with van der Waals surface area (Å²) in [5.41, 5.74) is 5.66. The van der Waals surface area contributed by atoms with E-state index in [1.165, 1.54) is 0 Å². The molecule has 1 aromatic heterocycles. The van der Waals surface area contributed by atoms with E-state index in [4.69, 9.17) is 10.3 Å². The molecule has 2 N–H and O–H groups in total. The van der Waals surface area contributed by atoms with Crippen molar-refractivity contribution in [1.29, 1.82) is 0 Å². The van der Waals surface area contributed by atoms with E-state index >= 15 is 0 Å². The van der Waals surface area contributed by atoms with Crippen LogP contribution < -0.4 is 5.73 Å². The predicted octanol–water partition coefficient (Wildman–Crippen LogP) is 0.930. The molecule has 2 heterocycles. The first-order valence-electron chi connectivity index (χ1n) is 4.94. The fraction of sp³-hybridized carbons (Fsp3) is 0.778. The molecule has 1 saturated heterocycles. The van der Waals surface area contributed by atoms with Gasteiger partial charge in [-0.3, -0.25) is 0 Å². The molecule has 0 aromatic carbocycles. The van der Waals surface area contributed by atoms with E-state index in [9.17, 15) is 0 Å². The summed E-state index contributed by atoms with van der Waals surface area (Å²) in [7, 11) is 2.10. The zero-order valence-corrected chi connectivity index (χ0v) is 9.83. The molecule has 0 amide bonds. The second-order valence-electron chi connectivity index (χ2n) is 4.03. The molecule has 0 bridgehead atoms. The second-order valence-corrected chi connectivity index (χ2v) is 4.03. The van der Waals surface area contributed by atoms with Gasteiger partial charge in [0.05, 0.1) is 12.0 Å². The Balaban J connectivity index is 0.00000112. The summed E-state index contributed by atoms with van der Waals surface area (Å²) in [6.07, 6.45) is 1.09. The summed E-state index contributed by atoms with van der Waals surface area (Å²) < 4.78 is 5.19. The molecular formula is C9H17ClN4O. The summed E-state index contributed by atoms with van der Waals surface area (Å²) in [5.74, 6) is 1.73. The SMILES string of the molecule is CC(N)c1noc(C2CCN(C)C2)n1.Cl. The van der Waals surface area contributed by atoms with E-state index in [0.29, 0.717) is 11.7 Å². The molecule has 86 valence electrons. The summed E-state index contributed by atoms with van der Waals surface area (Å²) in [5, 5.41) is 3.86. The predicted molar refractivity (Wildman–Crippen MR) is 59.0 cm³/mol. The lowest BCUT2D eigenvalue weighted by Crippen LogP contribution is -2.13. The smallest absolute Gasteiger partial charge is 0.231 e. The van der Waals surface area contributed by atoms with E-state index in [-0.39, 0.29) is 18.4 Å². The molecular weight excluding hydrogens is 216 g/mol. The number of likely N-dealkylation sites (N-methyl/N-ethyl adjacent to an activating group) is 1. The zero-order valence-electron chi connectivity index (χ0n) is 9.01. The van der Waals surface area contributed by atoms with Crippen LogP contribution in [0.5, 0.6) is 0 Å². The summed E-state index contributed by atoms with van der Waals surface area (Å²) >= 11 is 0. The minimum atomic E-state index is -0.147. The van der Waals surface area contributed by atoms with Gasteiger partial charge < -0.3 is 15.2 Å².